The first kappa shape index (κ1) is 13.3. The average Bonchev–Trinajstić information content (AvgIpc) is 2.83. The van der Waals surface area contributed by atoms with E-state index in [1.54, 1.807) is 24.3 Å². The number of aliphatic hydroxyl groups is 1. The van der Waals surface area contributed by atoms with Crippen LogP contribution in [0.15, 0.2) is 48.5 Å². The molecule has 21 heavy (non-hydrogen) atoms. The molecule has 0 fully saturated rings. The Morgan fingerprint density at radius 3 is 2.62 bits per heavy atom. The number of nitrogens with zero attached hydrogens (tertiary/aromatic N) is 1. The highest BCUT2D eigenvalue weighted by molar-refractivity contribution is 5.94. The third-order valence-electron chi connectivity index (χ3n) is 3.77. The molecule has 2 aromatic rings. The van der Waals surface area contributed by atoms with Crippen molar-refractivity contribution in [2.45, 2.75) is 18.6 Å². The van der Waals surface area contributed by atoms with Crippen LogP contribution >= 0.6 is 0 Å². The summed E-state index contributed by atoms with van der Waals surface area (Å²) in [6.07, 6.45) is -0.0566. The van der Waals surface area contributed by atoms with E-state index in [-0.39, 0.29) is 11.9 Å². The minimum atomic E-state index is -0.607. The lowest BCUT2D eigenvalue weighted by Gasteiger charge is -2.18. The number of hydrogen-bond donors (Lipinski definition) is 2. The molecule has 4 heteroatoms. The van der Waals surface area contributed by atoms with Gasteiger partial charge in [-0.05, 0) is 35.4 Å². The van der Waals surface area contributed by atoms with Gasteiger partial charge in [0.05, 0.1) is 23.8 Å². The van der Waals surface area contributed by atoms with Crippen molar-refractivity contribution in [2.24, 2.45) is 0 Å². The fraction of sp³-hybridized carbons (Fsp3) is 0.176. The second-order valence-electron chi connectivity index (χ2n) is 5.11. The minimum absolute atomic E-state index is 0.250. The maximum atomic E-state index is 12.3. The summed E-state index contributed by atoms with van der Waals surface area (Å²) in [5, 5.41) is 21.8. The summed E-state index contributed by atoms with van der Waals surface area (Å²) in [4.78, 5) is 12.3. The van der Waals surface area contributed by atoms with E-state index in [1.165, 1.54) is 0 Å². The van der Waals surface area contributed by atoms with E-state index in [2.05, 4.69) is 5.32 Å². The molecule has 2 N–H and O–H groups in total. The number of rotatable bonds is 2. The number of amides is 1. The van der Waals surface area contributed by atoms with Crippen molar-refractivity contribution in [3.05, 3.63) is 70.8 Å². The first-order valence-electron chi connectivity index (χ1n) is 6.76. The van der Waals surface area contributed by atoms with Gasteiger partial charge in [0, 0.05) is 12.0 Å². The summed E-state index contributed by atoms with van der Waals surface area (Å²) >= 11 is 0. The lowest BCUT2D eigenvalue weighted by atomic mass is 10.1. The highest BCUT2D eigenvalue weighted by atomic mass is 16.3. The zero-order chi connectivity index (χ0) is 14.8. The van der Waals surface area contributed by atoms with Gasteiger partial charge in [-0.15, -0.1) is 0 Å². The topological polar surface area (TPSA) is 73.1 Å². The molecule has 0 heterocycles. The van der Waals surface area contributed by atoms with Gasteiger partial charge in [0.1, 0.15) is 0 Å². The summed E-state index contributed by atoms with van der Waals surface area (Å²) in [5.41, 5.74) is 3.02. The van der Waals surface area contributed by atoms with E-state index in [9.17, 15) is 9.90 Å². The van der Waals surface area contributed by atoms with Crippen LogP contribution in [0.1, 0.15) is 33.1 Å². The summed E-state index contributed by atoms with van der Waals surface area (Å²) in [7, 11) is 0. The van der Waals surface area contributed by atoms with Crippen molar-refractivity contribution >= 4 is 5.91 Å². The molecule has 0 bridgehead atoms. The zero-order valence-electron chi connectivity index (χ0n) is 11.3. The van der Waals surface area contributed by atoms with E-state index in [0.29, 0.717) is 17.5 Å². The second-order valence-corrected chi connectivity index (χ2v) is 5.11. The molecule has 0 spiro atoms. The van der Waals surface area contributed by atoms with Crippen molar-refractivity contribution in [3.63, 3.8) is 0 Å². The molecule has 1 aliphatic rings. The molecule has 4 nitrogen and oxygen atoms in total. The van der Waals surface area contributed by atoms with Crippen molar-refractivity contribution < 1.29 is 9.90 Å². The van der Waals surface area contributed by atoms with Gasteiger partial charge in [0.25, 0.3) is 5.91 Å². The number of carbonyl (C=O) groups excluding carboxylic acids is 1. The van der Waals surface area contributed by atoms with Crippen LogP contribution in [0.3, 0.4) is 0 Å². The molecular formula is C17H14N2O2. The van der Waals surface area contributed by atoms with Gasteiger partial charge in [-0.3, -0.25) is 4.79 Å². The van der Waals surface area contributed by atoms with Gasteiger partial charge < -0.3 is 10.4 Å². The molecule has 2 atom stereocenters. The predicted octanol–water partition coefficient (Wildman–Crippen LogP) is 1.95. The molecule has 0 unspecified atom stereocenters. The van der Waals surface area contributed by atoms with Gasteiger partial charge in [-0.25, -0.2) is 0 Å². The third kappa shape index (κ3) is 2.51. The minimum Gasteiger partial charge on any atom is -0.390 e. The van der Waals surface area contributed by atoms with Gasteiger partial charge in [-0.2, -0.15) is 5.26 Å². The van der Waals surface area contributed by atoms with Crippen LogP contribution in [-0.4, -0.2) is 17.1 Å². The summed E-state index contributed by atoms with van der Waals surface area (Å²) < 4.78 is 0. The molecule has 0 saturated carbocycles. The Labute approximate surface area is 122 Å². The van der Waals surface area contributed by atoms with E-state index < -0.39 is 6.10 Å². The Morgan fingerprint density at radius 2 is 1.90 bits per heavy atom. The lowest BCUT2D eigenvalue weighted by Crippen LogP contribution is -2.33. The van der Waals surface area contributed by atoms with Crippen molar-refractivity contribution in [1.29, 1.82) is 5.26 Å². The maximum absolute atomic E-state index is 12.3. The number of nitrogens with one attached hydrogen (secondary N) is 1. The average molecular weight is 278 g/mol. The van der Waals surface area contributed by atoms with Crippen LogP contribution in [0.5, 0.6) is 0 Å². The smallest absolute Gasteiger partial charge is 0.251 e. The van der Waals surface area contributed by atoms with E-state index in [1.807, 2.05) is 30.3 Å². The third-order valence-corrected chi connectivity index (χ3v) is 3.77. The number of carbonyl (C=O) groups is 1. The second kappa shape index (κ2) is 5.39. The van der Waals surface area contributed by atoms with Gasteiger partial charge >= 0.3 is 0 Å². The Hall–Kier alpha value is -2.64. The van der Waals surface area contributed by atoms with E-state index in [4.69, 9.17) is 5.26 Å². The van der Waals surface area contributed by atoms with Crippen molar-refractivity contribution in [1.82, 2.24) is 5.32 Å². The summed E-state index contributed by atoms with van der Waals surface area (Å²) in [5.74, 6) is -0.250. The molecule has 1 amide bonds. The quantitative estimate of drug-likeness (QED) is 0.881. The fourth-order valence-electron chi connectivity index (χ4n) is 2.67. The van der Waals surface area contributed by atoms with Crippen LogP contribution in [0.25, 0.3) is 0 Å². The standard InChI is InChI=1S/C17H14N2O2/c18-10-11-5-7-12(8-6-11)17(21)19-16-14-4-2-1-3-13(14)9-15(16)20/h1-8,15-16,20H,9H2,(H,19,21)/t15-,16+/m0/s1. The SMILES string of the molecule is N#Cc1ccc(C(=O)N[C@@H]2c3ccccc3C[C@@H]2O)cc1. The number of hydrogen-bond acceptors (Lipinski definition) is 3. The monoisotopic (exact) mass is 278 g/mol. The summed E-state index contributed by atoms with van der Waals surface area (Å²) in [6.45, 7) is 0. The number of nitriles is 1. The molecule has 3 rings (SSSR count). The van der Waals surface area contributed by atoms with Crippen LogP contribution in [0.2, 0.25) is 0 Å². The zero-order valence-corrected chi connectivity index (χ0v) is 11.3. The van der Waals surface area contributed by atoms with Gasteiger partial charge in [0.15, 0.2) is 0 Å². The van der Waals surface area contributed by atoms with Gasteiger partial charge in [0.2, 0.25) is 0 Å². The Morgan fingerprint density at radius 1 is 1.19 bits per heavy atom. The number of aliphatic hydroxyl groups excluding tert-OH is 1. The Kier molecular flexibility index (Phi) is 3.43. The first-order valence-corrected chi connectivity index (χ1v) is 6.76. The van der Waals surface area contributed by atoms with E-state index in [0.717, 1.165) is 11.1 Å². The van der Waals surface area contributed by atoms with E-state index >= 15 is 0 Å². The van der Waals surface area contributed by atoms with Crippen LogP contribution in [0, 0.1) is 11.3 Å². The predicted molar refractivity (Wildman–Crippen MR) is 77.5 cm³/mol. The van der Waals surface area contributed by atoms with Crippen LogP contribution < -0.4 is 5.32 Å². The Bertz CT molecular complexity index is 716. The van der Waals surface area contributed by atoms with Crippen LogP contribution in [-0.2, 0) is 6.42 Å². The Balaban J connectivity index is 1.80. The van der Waals surface area contributed by atoms with Crippen molar-refractivity contribution in [2.75, 3.05) is 0 Å². The normalized spacial score (nSPS) is 19.6. The highest BCUT2D eigenvalue weighted by Crippen LogP contribution is 2.31. The maximum Gasteiger partial charge on any atom is 0.251 e. The van der Waals surface area contributed by atoms with Crippen LogP contribution in [0.4, 0.5) is 0 Å². The van der Waals surface area contributed by atoms with Crippen molar-refractivity contribution in [3.8, 4) is 6.07 Å². The molecule has 0 radical (unpaired) electrons. The number of fused-ring (bicyclic) bond motifs is 1. The molecule has 2 aromatic carbocycles. The largest absolute Gasteiger partial charge is 0.390 e. The molecule has 0 saturated heterocycles. The molecule has 1 aliphatic carbocycles. The number of benzene rings is 2. The first-order chi connectivity index (χ1) is 10.2. The fourth-order valence-corrected chi connectivity index (χ4v) is 2.67. The molecule has 104 valence electrons. The molecular weight excluding hydrogens is 264 g/mol. The van der Waals surface area contributed by atoms with Gasteiger partial charge in [-0.1, -0.05) is 24.3 Å². The lowest BCUT2D eigenvalue weighted by molar-refractivity contribution is 0.0858. The molecule has 0 aromatic heterocycles. The molecule has 0 aliphatic heterocycles. The summed E-state index contributed by atoms with van der Waals surface area (Å²) in [6, 6.07) is 15.8. The highest BCUT2D eigenvalue weighted by Gasteiger charge is 2.31.